The molecule has 0 saturated carbocycles. The van der Waals surface area contributed by atoms with Crippen molar-refractivity contribution in [1.82, 2.24) is 14.9 Å². The fourth-order valence-electron chi connectivity index (χ4n) is 3.56. The highest BCUT2D eigenvalue weighted by molar-refractivity contribution is 7.18. The van der Waals surface area contributed by atoms with Gasteiger partial charge >= 0.3 is 0 Å². The number of fused-ring (bicyclic) bond motifs is 3. The van der Waals surface area contributed by atoms with Gasteiger partial charge in [-0.2, -0.15) is 0 Å². The van der Waals surface area contributed by atoms with Gasteiger partial charge in [-0.1, -0.05) is 24.6 Å². The molecule has 1 aliphatic carbocycles. The smallest absolute Gasteiger partial charge is 0.262 e. The van der Waals surface area contributed by atoms with Gasteiger partial charge in [0.1, 0.15) is 23.7 Å². The molecule has 7 heteroatoms. The van der Waals surface area contributed by atoms with Crippen molar-refractivity contribution in [3.05, 3.63) is 57.5 Å². The summed E-state index contributed by atoms with van der Waals surface area (Å²) in [6, 6.07) is 9.45. The number of aromatic nitrogens is 2. The molecule has 1 N–H and O–H groups in total. The number of ether oxygens (including phenoxy) is 1. The quantitative estimate of drug-likeness (QED) is 0.513. The zero-order valence-corrected chi connectivity index (χ0v) is 16.5. The fourth-order valence-corrected chi connectivity index (χ4v) is 4.78. The Bertz CT molecular complexity index is 1030. The Morgan fingerprint density at radius 2 is 2.00 bits per heavy atom. The Balaban J connectivity index is 1.40. The number of benzene rings is 1. The lowest BCUT2D eigenvalue weighted by Gasteiger charge is -2.09. The Hall–Kier alpha value is -2.67. The maximum absolute atomic E-state index is 12.9. The molecule has 1 aliphatic rings. The summed E-state index contributed by atoms with van der Waals surface area (Å²) in [5.41, 5.74) is 1.04. The topological polar surface area (TPSA) is 73.2 Å². The molecule has 0 radical (unpaired) electrons. The van der Waals surface area contributed by atoms with E-state index in [0.717, 1.165) is 35.4 Å². The highest BCUT2D eigenvalue weighted by atomic mass is 32.1. The number of carbonyl (C=O) groups is 1. The van der Waals surface area contributed by atoms with Gasteiger partial charge in [0, 0.05) is 4.88 Å². The molecule has 0 spiro atoms. The zero-order valence-electron chi connectivity index (χ0n) is 15.6. The second-order valence-corrected chi connectivity index (χ2v) is 8.02. The van der Waals surface area contributed by atoms with Crippen LogP contribution in [0.25, 0.3) is 10.2 Å². The van der Waals surface area contributed by atoms with Crippen molar-refractivity contribution in [2.24, 2.45) is 0 Å². The number of hydrogen-bond donors (Lipinski definition) is 1. The van der Waals surface area contributed by atoms with Gasteiger partial charge < -0.3 is 10.1 Å². The predicted molar refractivity (Wildman–Crippen MR) is 110 cm³/mol. The molecule has 146 valence electrons. The van der Waals surface area contributed by atoms with Gasteiger partial charge in [0.2, 0.25) is 5.91 Å². The molecule has 0 saturated heterocycles. The minimum Gasteiger partial charge on any atom is -0.492 e. The lowest BCUT2D eigenvalue weighted by atomic mass is 10.1. The maximum atomic E-state index is 12.9. The maximum Gasteiger partial charge on any atom is 0.262 e. The van der Waals surface area contributed by atoms with Crippen LogP contribution in [0.1, 0.15) is 29.7 Å². The summed E-state index contributed by atoms with van der Waals surface area (Å²) >= 11 is 1.63. The third-order valence-corrected chi connectivity index (χ3v) is 6.14. The van der Waals surface area contributed by atoms with E-state index in [9.17, 15) is 9.59 Å². The fraction of sp³-hybridized carbons (Fsp3) is 0.381. The average Bonchev–Trinajstić information content (AvgIpc) is 2.90. The first-order valence-electron chi connectivity index (χ1n) is 9.66. The van der Waals surface area contributed by atoms with Crippen LogP contribution in [0, 0.1) is 0 Å². The van der Waals surface area contributed by atoms with Crippen molar-refractivity contribution in [3.63, 3.8) is 0 Å². The summed E-state index contributed by atoms with van der Waals surface area (Å²) in [5, 5.41) is 3.51. The number of aryl methyl sites for hydroxylation is 2. The van der Waals surface area contributed by atoms with Gasteiger partial charge in [0.15, 0.2) is 0 Å². The van der Waals surface area contributed by atoms with Crippen molar-refractivity contribution >= 4 is 27.5 Å². The standard InChI is InChI=1S/C21H23N3O3S/c25-18(22-11-12-27-15-7-3-1-4-8-15)13-24-14-23-20-19(21(24)26)16-9-5-2-6-10-17(16)28-20/h1,3-4,7-8,14H,2,5-6,9-13H2,(H,22,25). The average molecular weight is 398 g/mol. The SMILES string of the molecule is O=C(Cn1cnc2sc3c(c2c1=O)CCCCC3)NCCOc1ccccc1. The first kappa shape index (κ1) is 18.7. The van der Waals surface area contributed by atoms with Crippen molar-refractivity contribution in [1.29, 1.82) is 0 Å². The number of thiophene rings is 1. The lowest BCUT2D eigenvalue weighted by Crippen LogP contribution is -2.34. The number of amides is 1. The van der Waals surface area contributed by atoms with E-state index in [-0.39, 0.29) is 18.0 Å². The van der Waals surface area contributed by atoms with Crippen LogP contribution < -0.4 is 15.6 Å². The number of hydrogen-bond acceptors (Lipinski definition) is 5. The Morgan fingerprint density at radius 1 is 1.18 bits per heavy atom. The summed E-state index contributed by atoms with van der Waals surface area (Å²) in [6.07, 6.45) is 6.92. The summed E-state index contributed by atoms with van der Waals surface area (Å²) in [6.45, 7) is 0.726. The van der Waals surface area contributed by atoms with Crippen LogP contribution >= 0.6 is 11.3 Å². The highest BCUT2D eigenvalue weighted by Crippen LogP contribution is 2.32. The molecule has 1 amide bonds. The molecule has 3 aromatic rings. The minimum absolute atomic E-state index is 0.0300. The Labute approximate surface area is 167 Å². The normalized spacial score (nSPS) is 13.7. The van der Waals surface area contributed by atoms with E-state index in [4.69, 9.17) is 4.74 Å². The second kappa shape index (κ2) is 8.56. The highest BCUT2D eigenvalue weighted by Gasteiger charge is 2.19. The molecule has 0 unspecified atom stereocenters. The summed E-state index contributed by atoms with van der Waals surface area (Å²) < 4.78 is 6.97. The van der Waals surface area contributed by atoms with Crippen LogP contribution in [-0.4, -0.2) is 28.6 Å². The molecule has 0 atom stereocenters. The third kappa shape index (κ3) is 4.09. The van der Waals surface area contributed by atoms with Crippen molar-refractivity contribution in [2.75, 3.05) is 13.2 Å². The molecular formula is C21H23N3O3S. The number of rotatable bonds is 6. The van der Waals surface area contributed by atoms with E-state index in [0.29, 0.717) is 18.5 Å². The van der Waals surface area contributed by atoms with Crippen LogP contribution in [0.15, 0.2) is 41.5 Å². The molecule has 0 bridgehead atoms. The molecule has 0 fully saturated rings. The van der Waals surface area contributed by atoms with Gasteiger partial charge in [0.05, 0.1) is 18.3 Å². The molecule has 4 rings (SSSR count). The van der Waals surface area contributed by atoms with Gasteiger partial charge in [-0.3, -0.25) is 14.2 Å². The summed E-state index contributed by atoms with van der Waals surface area (Å²) in [7, 11) is 0. The Morgan fingerprint density at radius 3 is 2.86 bits per heavy atom. The van der Waals surface area contributed by atoms with Crippen LogP contribution in [0.3, 0.4) is 0 Å². The summed E-state index contributed by atoms with van der Waals surface area (Å²) in [5.74, 6) is 0.544. The first-order chi connectivity index (χ1) is 13.7. The van der Waals surface area contributed by atoms with E-state index in [2.05, 4.69) is 10.3 Å². The summed E-state index contributed by atoms with van der Waals surface area (Å²) in [4.78, 5) is 31.7. The van der Waals surface area contributed by atoms with E-state index >= 15 is 0 Å². The molecule has 2 aromatic heterocycles. The van der Waals surface area contributed by atoms with E-state index < -0.39 is 0 Å². The molecular weight excluding hydrogens is 374 g/mol. The predicted octanol–water partition coefficient (Wildman–Crippen LogP) is 2.92. The number of nitrogens with zero attached hydrogens (tertiary/aromatic N) is 2. The van der Waals surface area contributed by atoms with Gasteiger partial charge in [-0.05, 0) is 43.4 Å². The Kier molecular flexibility index (Phi) is 5.71. The first-order valence-corrected chi connectivity index (χ1v) is 10.5. The van der Waals surface area contributed by atoms with Crippen LogP contribution in [-0.2, 0) is 24.2 Å². The largest absolute Gasteiger partial charge is 0.492 e. The van der Waals surface area contributed by atoms with Gasteiger partial charge in [0.25, 0.3) is 5.56 Å². The second-order valence-electron chi connectivity index (χ2n) is 6.93. The minimum atomic E-state index is -0.221. The van der Waals surface area contributed by atoms with Crippen molar-refractivity contribution in [2.45, 2.75) is 38.6 Å². The van der Waals surface area contributed by atoms with Crippen LogP contribution in [0.2, 0.25) is 0 Å². The van der Waals surface area contributed by atoms with Crippen LogP contribution in [0.5, 0.6) is 5.75 Å². The van der Waals surface area contributed by atoms with Gasteiger partial charge in [-0.25, -0.2) is 4.98 Å². The third-order valence-electron chi connectivity index (χ3n) is 4.94. The van der Waals surface area contributed by atoms with Gasteiger partial charge in [-0.15, -0.1) is 11.3 Å². The monoisotopic (exact) mass is 397 g/mol. The lowest BCUT2D eigenvalue weighted by molar-refractivity contribution is -0.121. The van der Waals surface area contributed by atoms with Crippen molar-refractivity contribution < 1.29 is 9.53 Å². The zero-order chi connectivity index (χ0) is 19.3. The number of para-hydroxylation sites is 1. The van der Waals surface area contributed by atoms with E-state index in [1.165, 1.54) is 28.6 Å². The van der Waals surface area contributed by atoms with Crippen molar-refractivity contribution in [3.8, 4) is 5.75 Å². The molecule has 1 aromatic carbocycles. The van der Waals surface area contributed by atoms with E-state index in [1.54, 1.807) is 11.3 Å². The van der Waals surface area contributed by atoms with E-state index in [1.807, 2.05) is 30.3 Å². The molecule has 2 heterocycles. The molecule has 28 heavy (non-hydrogen) atoms. The molecule has 0 aliphatic heterocycles. The molecule has 6 nitrogen and oxygen atoms in total. The number of carbonyl (C=O) groups excluding carboxylic acids is 1. The van der Waals surface area contributed by atoms with Crippen LogP contribution in [0.4, 0.5) is 0 Å². The number of nitrogens with one attached hydrogen (secondary N) is 1.